The molecule has 0 radical (unpaired) electrons. The summed E-state index contributed by atoms with van der Waals surface area (Å²) in [7, 11) is 0. The van der Waals surface area contributed by atoms with Gasteiger partial charge < -0.3 is 15.9 Å². The Morgan fingerprint density at radius 1 is 1.56 bits per heavy atom. The zero-order valence-corrected chi connectivity index (χ0v) is 5.54. The third-order valence-corrected chi connectivity index (χ3v) is 0.955. The summed E-state index contributed by atoms with van der Waals surface area (Å²) < 4.78 is 0. The lowest BCUT2D eigenvalue weighted by atomic mass is 10.3. The van der Waals surface area contributed by atoms with Crippen LogP contribution in [-0.2, 0) is 0 Å². The van der Waals surface area contributed by atoms with Gasteiger partial charge in [-0.2, -0.15) is 0 Å². The summed E-state index contributed by atoms with van der Waals surface area (Å²) in [6.45, 7) is 2.49. The molecule has 0 fully saturated rings. The second kappa shape index (κ2) is 4.69. The first kappa shape index (κ1) is 8.84. The molecule has 0 aliphatic carbocycles. The van der Waals surface area contributed by atoms with E-state index in [4.69, 9.17) is 15.9 Å². The van der Waals surface area contributed by atoms with Crippen molar-refractivity contribution >= 4 is 0 Å². The highest BCUT2D eigenvalue weighted by Gasteiger charge is 2.07. The second-order valence-corrected chi connectivity index (χ2v) is 1.93. The van der Waals surface area contributed by atoms with Crippen molar-refractivity contribution in [2.24, 2.45) is 5.73 Å². The van der Waals surface area contributed by atoms with E-state index in [0.29, 0.717) is 13.1 Å². The van der Waals surface area contributed by atoms with E-state index in [1.165, 1.54) is 6.92 Å². The van der Waals surface area contributed by atoms with Crippen molar-refractivity contribution in [3.05, 3.63) is 0 Å². The van der Waals surface area contributed by atoms with E-state index < -0.39 is 12.3 Å². The van der Waals surface area contributed by atoms with Crippen LogP contribution in [-0.4, -0.2) is 35.6 Å². The maximum absolute atomic E-state index is 8.84. The predicted octanol–water partition coefficient (Wildman–Crippen LogP) is -1.77. The number of nitrogens with two attached hydrogens (primary N) is 1. The van der Waals surface area contributed by atoms with E-state index in [1.807, 2.05) is 0 Å². The lowest BCUT2D eigenvalue weighted by molar-refractivity contribution is 0.0102. The number of hydrogen-bond acceptors (Lipinski definition) is 4. The van der Waals surface area contributed by atoms with Gasteiger partial charge in [-0.15, -0.1) is 0 Å². The zero-order valence-electron chi connectivity index (χ0n) is 5.54. The van der Waals surface area contributed by atoms with Crippen LogP contribution in [0.2, 0.25) is 0 Å². The summed E-state index contributed by atoms with van der Waals surface area (Å²) in [5.41, 5.74) is 5.12. The lowest BCUT2D eigenvalue weighted by Gasteiger charge is -2.13. The molecule has 0 heterocycles. The molecule has 0 spiro atoms. The Bertz CT molecular complexity index is 68.0. The Morgan fingerprint density at radius 2 is 2.11 bits per heavy atom. The minimum atomic E-state index is -0.853. The number of rotatable bonds is 4. The molecule has 0 aliphatic heterocycles. The summed E-state index contributed by atoms with van der Waals surface area (Å²) in [6.07, 6.45) is -1.59. The third kappa shape index (κ3) is 4.35. The molecule has 4 nitrogen and oxygen atoms in total. The summed E-state index contributed by atoms with van der Waals surface area (Å²) in [6, 6.07) is 0. The fourth-order valence-electron chi connectivity index (χ4n) is 0.402. The van der Waals surface area contributed by atoms with Crippen LogP contribution in [0.25, 0.3) is 0 Å². The van der Waals surface area contributed by atoms with Gasteiger partial charge in [0.2, 0.25) is 0 Å². The molecule has 9 heavy (non-hydrogen) atoms. The van der Waals surface area contributed by atoms with Crippen molar-refractivity contribution < 1.29 is 10.2 Å². The Morgan fingerprint density at radius 3 is 2.44 bits per heavy atom. The quantitative estimate of drug-likeness (QED) is 0.343. The molecule has 0 aromatic heterocycles. The molecule has 0 bridgehead atoms. The topological polar surface area (TPSA) is 78.5 Å². The van der Waals surface area contributed by atoms with E-state index in [0.717, 1.165) is 0 Å². The number of aliphatic hydroxyl groups excluding tert-OH is 2. The molecule has 5 N–H and O–H groups in total. The van der Waals surface area contributed by atoms with Crippen LogP contribution in [0.3, 0.4) is 0 Å². The SMILES string of the molecule is CC(O)[C@H](O)NCCN. The van der Waals surface area contributed by atoms with E-state index in [-0.39, 0.29) is 0 Å². The van der Waals surface area contributed by atoms with Gasteiger partial charge in [0.1, 0.15) is 6.23 Å². The van der Waals surface area contributed by atoms with Crippen molar-refractivity contribution in [1.29, 1.82) is 0 Å². The molecule has 0 rings (SSSR count). The second-order valence-electron chi connectivity index (χ2n) is 1.93. The van der Waals surface area contributed by atoms with Gasteiger partial charge in [0.05, 0.1) is 6.10 Å². The largest absolute Gasteiger partial charge is 0.389 e. The molecule has 0 aromatic carbocycles. The molecule has 0 saturated heterocycles. The molecule has 0 saturated carbocycles. The summed E-state index contributed by atoms with van der Waals surface area (Å²) >= 11 is 0. The molecule has 1 unspecified atom stereocenters. The standard InChI is InChI=1S/C5H14N2O2/c1-4(8)5(9)7-3-2-6/h4-5,7-9H,2-3,6H2,1H3/t4?,5-/m0/s1. The Balaban J connectivity index is 3.16. The normalized spacial score (nSPS) is 17.3. The predicted molar refractivity (Wildman–Crippen MR) is 34.7 cm³/mol. The smallest absolute Gasteiger partial charge is 0.130 e. The van der Waals surface area contributed by atoms with Crippen LogP contribution in [0.15, 0.2) is 0 Å². The monoisotopic (exact) mass is 134 g/mol. The minimum Gasteiger partial charge on any atom is -0.389 e. The maximum atomic E-state index is 8.84. The average Bonchev–Trinajstić information content (AvgIpc) is 1.82. The molecule has 4 heteroatoms. The van der Waals surface area contributed by atoms with Gasteiger partial charge in [0.25, 0.3) is 0 Å². The van der Waals surface area contributed by atoms with Crippen LogP contribution in [0.5, 0.6) is 0 Å². The molecule has 0 aliphatic rings. The molecular formula is C5H14N2O2. The first-order valence-corrected chi connectivity index (χ1v) is 2.98. The van der Waals surface area contributed by atoms with Crippen LogP contribution in [0, 0.1) is 0 Å². The van der Waals surface area contributed by atoms with Crippen LogP contribution < -0.4 is 11.1 Å². The molecule has 56 valence electrons. The molecule has 0 amide bonds. The van der Waals surface area contributed by atoms with Crippen LogP contribution in [0.1, 0.15) is 6.92 Å². The van der Waals surface area contributed by atoms with E-state index >= 15 is 0 Å². The summed E-state index contributed by atoms with van der Waals surface area (Å²) in [5, 5.41) is 20.1. The summed E-state index contributed by atoms with van der Waals surface area (Å²) in [4.78, 5) is 0. The average molecular weight is 134 g/mol. The first-order valence-electron chi connectivity index (χ1n) is 2.98. The molecule has 0 aromatic rings. The third-order valence-electron chi connectivity index (χ3n) is 0.955. The number of aliphatic hydroxyl groups is 2. The van der Waals surface area contributed by atoms with Crippen LogP contribution >= 0.6 is 0 Å². The number of nitrogens with one attached hydrogen (secondary N) is 1. The highest BCUT2D eigenvalue weighted by Crippen LogP contribution is 1.84. The van der Waals surface area contributed by atoms with Gasteiger partial charge in [0, 0.05) is 13.1 Å². The fraction of sp³-hybridized carbons (Fsp3) is 1.00. The Labute approximate surface area is 54.7 Å². The Kier molecular flexibility index (Phi) is 4.61. The first-order chi connectivity index (χ1) is 4.18. The minimum absolute atomic E-state index is 0.462. The lowest BCUT2D eigenvalue weighted by Crippen LogP contribution is -2.40. The van der Waals surface area contributed by atoms with E-state index in [9.17, 15) is 0 Å². The van der Waals surface area contributed by atoms with E-state index in [2.05, 4.69) is 5.32 Å². The van der Waals surface area contributed by atoms with Gasteiger partial charge in [-0.3, -0.25) is 5.32 Å². The summed E-state index contributed by atoms with van der Waals surface area (Å²) in [5.74, 6) is 0. The van der Waals surface area contributed by atoms with Crippen molar-refractivity contribution in [3.8, 4) is 0 Å². The van der Waals surface area contributed by atoms with Gasteiger partial charge >= 0.3 is 0 Å². The molecule has 2 atom stereocenters. The van der Waals surface area contributed by atoms with Crippen LogP contribution in [0.4, 0.5) is 0 Å². The van der Waals surface area contributed by atoms with Gasteiger partial charge in [-0.05, 0) is 6.92 Å². The van der Waals surface area contributed by atoms with Crippen molar-refractivity contribution in [2.45, 2.75) is 19.3 Å². The van der Waals surface area contributed by atoms with Gasteiger partial charge in [-0.25, -0.2) is 0 Å². The van der Waals surface area contributed by atoms with Crippen molar-refractivity contribution in [3.63, 3.8) is 0 Å². The van der Waals surface area contributed by atoms with Gasteiger partial charge in [0.15, 0.2) is 0 Å². The maximum Gasteiger partial charge on any atom is 0.130 e. The Hall–Kier alpha value is -0.160. The molecular weight excluding hydrogens is 120 g/mol. The highest BCUT2D eigenvalue weighted by molar-refractivity contribution is 4.58. The highest BCUT2D eigenvalue weighted by atomic mass is 16.3. The van der Waals surface area contributed by atoms with Crippen molar-refractivity contribution in [2.75, 3.05) is 13.1 Å². The van der Waals surface area contributed by atoms with Gasteiger partial charge in [-0.1, -0.05) is 0 Å². The zero-order chi connectivity index (χ0) is 7.28. The number of hydrogen-bond donors (Lipinski definition) is 4. The van der Waals surface area contributed by atoms with E-state index in [1.54, 1.807) is 0 Å². The fourth-order valence-corrected chi connectivity index (χ4v) is 0.402. The van der Waals surface area contributed by atoms with Crippen molar-refractivity contribution in [1.82, 2.24) is 5.32 Å².